The molecule has 1 rings (SSSR count). The Labute approximate surface area is 121 Å². The molecular formula is C16H25NO3. The third kappa shape index (κ3) is 5.51. The van der Waals surface area contributed by atoms with Gasteiger partial charge in [0.15, 0.2) is 18.1 Å². The van der Waals surface area contributed by atoms with Crippen LogP contribution >= 0.6 is 0 Å². The van der Waals surface area contributed by atoms with Crippen molar-refractivity contribution in [3.05, 3.63) is 24.3 Å². The number of hydrogen-bond acceptors (Lipinski definition) is 3. The number of hydrogen-bond donors (Lipinski definition) is 1. The van der Waals surface area contributed by atoms with E-state index in [2.05, 4.69) is 5.32 Å². The zero-order chi connectivity index (χ0) is 15.0. The zero-order valence-electron chi connectivity index (χ0n) is 12.9. The first-order valence-electron chi connectivity index (χ1n) is 7.14. The third-order valence-electron chi connectivity index (χ3n) is 3.03. The highest BCUT2D eigenvalue weighted by Gasteiger charge is 2.18. The predicted molar refractivity (Wildman–Crippen MR) is 80.2 cm³/mol. The number of para-hydroxylation sites is 2. The second kappa shape index (κ2) is 7.78. The SMILES string of the molecule is CCCOc1ccccc1OCC(=O)NC(C)(C)CC. The van der Waals surface area contributed by atoms with Crippen LogP contribution in [0.3, 0.4) is 0 Å². The van der Waals surface area contributed by atoms with Crippen LogP contribution in [-0.2, 0) is 4.79 Å². The lowest BCUT2D eigenvalue weighted by Gasteiger charge is -2.24. The number of benzene rings is 1. The van der Waals surface area contributed by atoms with Gasteiger partial charge in [0.2, 0.25) is 0 Å². The molecule has 0 bridgehead atoms. The van der Waals surface area contributed by atoms with Gasteiger partial charge < -0.3 is 14.8 Å². The molecule has 0 heterocycles. The molecule has 1 aromatic carbocycles. The normalized spacial score (nSPS) is 11.0. The summed E-state index contributed by atoms with van der Waals surface area (Å²) < 4.78 is 11.1. The van der Waals surface area contributed by atoms with Crippen LogP contribution in [0, 0.1) is 0 Å². The van der Waals surface area contributed by atoms with Crippen LogP contribution in [0.1, 0.15) is 40.5 Å². The van der Waals surface area contributed by atoms with Crippen molar-refractivity contribution in [3.8, 4) is 11.5 Å². The van der Waals surface area contributed by atoms with E-state index < -0.39 is 0 Å². The fourth-order valence-corrected chi connectivity index (χ4v) is 1.55. The quantitative estimate of drug-likeness (QED) is 0.795. The minimum absolute atomic E-state index is 0.00404. The van der Waals surface area contributed by atoms with Gasteiger partial charge in [-0.05, 0) is 38.8 Å². The molecule has 0 spiro atoms. The van der Waals surface area contributed by atoms with Gasteiger partial charge >= 0.3 is 0 Å². The molecule has 0 unspecified atom stereocenters. The lowest BCUT2D eigenvalue weighted by atomic mass is 10.0. The molecule has 0 aromatic heterocycles. The summed E-state index contributed by atoms with van der Waals surface area (Å²) in [7, 11) is 0. The number of carbonyl (C=O) groups is 1. The molecule has 1 N–H and O–H groups in total. The third-order valence-corrected chi connectivity index (χ3v) is 3.03. The highest BCUT2D eigenvalue weighted by atomic mass is 16.5. The van der Waals surface area contributed by atoms with Crippen molar-refractivity contribution in [3.63, 3.8) is 0 Å². The van der Waals surface area contributed by atoms with E-state index >= 15 is 0 Å². The number of ether oxygens (including phenoxy) is 2. The lowest BCUT2D eigenvalue weighted by molar-refractivity contribution is -0.124. The van der Waals surface area contributed by atoms with Gasteiger partial charge in [-0.2, -0.15) is 0 Å². The van der Waals surface area contributed by atoms with E-state index in [1.165, 1.54) is 0 Å². The minimum Gasteiger partial charge on any atom is -0.490 e. The van der Waals surface area contributed by atoms with Crippen molar-refractivity contribution in [2.75, 3.05) is 13.2 Å². The molecule has 0 atom stereocenters. The first kappa shape index (κ1) is 16.3. The van der Waals surface area contributed by atoms with Gasteiger partial charge in [-0.1, -0.05) is 26.0 Å². The molecule has 0 aliphatic rings. The van der Waals surface area contributed by atoms with Crippen LogP contribution in [0.25, 0.3) is 0 Å². The molecule has 0 saturated carbocycles. The number of nitrogens with one attached hydrogen (secondary N) is 1. The Balaban J connectivity index is 2.55. The molecule has 0 aliphatic carbocycles. The van der Waals surface area contributed by atoms with Gasteiger partial charge in [-0.15, -0.1) is 0 Å². The molecule has 0 radical (unpaired) electrons. The van der Waals surface area contributed by atoms with Crippen molar-refractivity contribution >= 4 is 5.91 Å². The highest BCUT2D eigenvalue weighted by molar-refractivity contribution is 5.78. The Bertz CT molecular complexity index is 429. The average Bonchev–Trinajstić information content (AvgIpc) is 2.43. The Morgan fingerprint density at radius 3 is 2.30 bits per heavy atom. The Kier molecular flexibility index (Phi) is 6.36. The van der Waals surface area contributed by atoms with Gasteiger partial charge in [-0.25, -0.2) is 0 Å². The summed E-state index contributed by atoms with van der Waals surface area (Å²) in [4.78, 5) is 11.8. The van der Waals surface area contributed by atoms with Gasteiger partial charge in [0.1, 0.15) is 0 Å². The van der Waals surface area contributed by atoms with E-state index in [4.69, 9.17) is 9.47 Å². The van der Waals surface area contributed by atoms with Crippen molar-refractivity contribution in [2.24, 2.45) is 0 Å². The van der Waals surface area contributed by atoms with Crippen molar-refractivity contribution in [2.45, 2.75) is 46.1 Å². The monoisotopic (exact) mass is 279 g/mol. The lowest BCUT2D eigenvalue weighted by Crippen LogP contribution is -2.44. The maximum absolute atomic E-state index is 11.8. The van der Waals surface area contributed by atoms with E-state index in [-0.39, 0.29) is 18.1 Å². The van der Waals surface area contributed by atoms with Gasteiger partial charge in [-0.3, -0.25) is 4.79 Å². The summed E-state index contributed by atoms with van der Waals surface area (Å²) in [5.41, 5.74) is -0.210. The van der Waals surface area contributed by atoms with Crippen molar-refractivity contribution in [1.29, 1.82) is 0 Å². The minimum atomic E-state index is -0.210. The summed E-state index contributed by atoms with van der Waals surface area (Å²) >= 11 is 0. The van der Waals surface area contributed by atoms with E-state index in [1.807, 2.05) is 52.0 Å². The van der Waals surface area contributed by atoms with Crippen molar-refractivity contribution in [1.82, 2.24) is 5.32 Å². The van der Waals surface area contributed by atoms with E-state index in [1.54, 1.807) is 0 Å². The fraction of sp³-hybridized carbons (Fsp3) is 0.562. The van der Waals surface area contributed by atoms with Crippen LogP contribution in [0.15, 0.2) is 24.3 Å². The number of amides is 1. The van der Waals surface area contributed by atoms with Crippen LogP contribution < -0.4 is 14.8 Å². The molecule has 1 aromatic rings. The summed E-state index contributed by atoms with van der Waals surface area (Å²) in [5, 5.41) is 2.93. The second-order valence-electron chi connectivity index (χ2n) is 5.37. The molecule has 20 heavy (non-hydrogen) atoms. The predicted octanol–water partition coefficient (Wildman–Crippen LogP) is 3.16. The zero-order valence-corrected chi connectivity index (χ0v) is 12.9. The van der Waals surface area contributed by atoms with Gasteiger partial charge in [0.05, 0.1) is 6.61 Å². The summed E-state index contributed by atoms with van der Waals surface area (Å²) in [6, 6.07) is 7.41. The smallest absolute Gasteiger partial charge is 0.258 e. The summed E-state index contributed by atoms with van der Waals surface area (Å²) in [6.45, 7) is 8.69. The van der Waals surface area contributed by atoms with E-state index in [0.29, 0.717) is 18.1 Å². The molecule has 0 saturated heterocycles. The Morgan fingerprint density at radius 2 is 1.75 bits per heavy atom. The maximum Gasteiger partial charge on any atom is 0.258 e. The molecule has 0 fully saturated rings. The first-order valence-corrected chi connectivity index (χ1v) is 7.14. The molecule has 4 heteroatoms. The standard InChI is InChI=1S/C16H25NO3/c1-5-11-19-13-9-7-8-10-14(13)20-12-15(18)17-16(3,4)6-2/h7-10H,5-6,11-12H2,1-4H3,(H,17,18). The van der Waals surface area contributed by atoms with Crippen LogP contribution in [0.2, 0.25) is 0 Å². The number of carbonyl (C=O) groups excluding carboxylic acids is 1. The van der Waals surface area contributed by atoms with Crippen LogP contribution in [-0.4, -0.2) is 24.7 Å². The molecule has 1 amide bonds. The van der Waals surface area contributed by atoms with Gasteiger partial charge in [0.25, 0.3) is 5.91 Å². The van der Waals surface area contributed by atoms with Crippen LogP contribution in [0.4, 0.5) is 0 Å². The van der Waals surface area contributed by atoms with E-state index in [0.717, 1.165) is 12.8 Å². The Hall–Kier alpha value is -1.71. The Morgan fingerprint density at radius 1 is 1.15 bits per heavy atom. The van der Waals surface area contributed by atoms with E-state index in [9.17, 15) is 4.79 Å². The van der Waals surface area contributed by atoms with Gasteiger partial charge in [0, 0.05) is 5.54 Å². The summed E-state index contributed by atoms with van der Waals surface area (Å²) in [5.74, 6) is 1.16. The number of rotatable bonds is 8. The average molecular weight is 279 g/mol. The largest absolute Gasteiger partial charge is 0.490 e. The highest BCUT2D eigenvalue weighted by Crippen LogP contribution is 2.26. The molecule has 0 aliphatic heterocycles. The molecular weight excluding hydrogens is 254 g/mol. The topological polar surface area (TPSA) is 47.6 Å². The molecule has 4 nitrogen and oxygen atoms in total. The van der Waals surface area contributed by atoms with Crippen LogP contribution in [0.5, 0.6) is 11.5 Å². The maximum atomic E-state index is 11.8. The second-order valence-corrected chi connectivity index (χ2v) is 5.37. The van der Waals surface area contributed by atoms with Crippen molar-refractivity contribution < 1.29 is 14.3 Å². The molecule has 112 valence electrons. The first-order chi connectivity index (χ1) is 9.48. The summed E-state index contributed by atoms with van der Waals surface area (Å²) in [6.07, 6.45) is 1.80. The fourth-order valence-electron chi connectivity index (χ4n) is 1.55.